The van der Waals surface area contributed by atoms with Crippen LogP contribution < -0.4 is 0 Å². The lowest BCUT2D eigenvalue weighted by atomic mass is 10.1. The van der Waals surface area contributed by atoms with E-state index >= 15 is 0 Å². The predicted octanol–water partition coefficient (Wildman–Crippen LogP) is 3.46. The highest BCUT2D eigenvalue weighted by atomic mass is 35.5. The SMILES string of the molecule is Cc1ccc(Cl)cc1-c1cn2cc(CO)ccc2n1. The van der Waals surface area contributed by atoms with Crippen molar-refractivity contribution in [2.45, 2.75) is 13.5 Å². The van der Waals surface area contributed by atoms with Crippen LogP contribution >= 0.6 is 11.6 Å². The molecule has 3 rings (SSSR count). The molecule has 0 bridgehead atoms. The third-order valence-corrected chi connectivity index (χ3v) is 3.41. The lowest BCUT2D eigenvalue weighted by Crippen LogP contribution is -1.88. The van der Waals surface area contributed by atoms with Crippen LogP contribution in [0, 0.1) is 6.92 Å². The van der Waals surface area contributed by atoms with Gasteiger partial charge in [-0.2, -0.15) is 0 Å². The Labute approximate surface area is 116 Å². The van der Waals surface area contributed by atoms with E-state index < -0.39 is 0 Å². The van der Waals surface area contributed by atoms with E-state index in [0.29, 0.717) is 5.02 Å². The molecule has 2 heterocycles. The van der Waals surface area contributed by atoms with E-state index in [1.54, 1.807) is 0 Å². The average molecular weight is 273 g/mol. The lowest BCUT2D eigenvalue weighted by Gasteiger charge is -2.02. The number of nitrogens with zero attached hydrogens (tertiary/aromatic N) is 2. The Morgan fingerprint density at radius 2 is 2.05 bits per heavy atom. The first kappa shape index (κ1) is 12.2. The minimum atomic E-state index is 0.0274. The molecule has 19 heavy (non-hydrogen) atoms. The Bertz CT molecular complexity index is 749. The number of rotatable bonds is 2. The summed E-state index contributed by atoms with van der Waals surface area (Å²) in [5.41, 5.74) is 4.76. The highest BCUT2D eigenvalue weighted by Crippen LogP contribution is 2.26. The number of aromatic nitrogens is 2. The van der Waals surface area contributed by atoms with E-state index in [2.05, 4.69) is 4.98 Å². The van der Waals surface area contributed by atoms with Crippen LogP contribution in [0.3, 0.4) is 0 Å². The molecule has 1 N–H and O–H groups in total. The molecule has 4 heteroatoms. The van der Waals surface area contributed by atoms with Gasteiger partial charge in [0.25, 0.3) is 0 Å². The summed E-state index contributed by atoms with van der Waals surface area (Å²) in [4.78, 5) is 4.58. The largest absolute Gasteiger partial charge is 0.392 e. The van der Waals surface area contributed by atoms with Gasteiger partial charge in [0.1, 0.15) is 5.65 Å². The number of halogens is 1. The predicted molar refractivity (Wildman–Crippen MR) is 76.3 cm³/mol. The van der Waals surface area contributed by atoms with Gasteiger partial charge in [-0.25, -0.2) is 4.98 Å². The topological polar surface area (TPSA) is 37.5 Å². The van der Waals surface area contributed by atoms with Gasteiger partial charge in [0.2, 0.25) is 0 Å². The van der Waals surface area contributed by atoms with E-state index in [-0.39, 0.29) is 6.61 Å². The molecule has 0 radical (unpaired) electrons. The molecule has 3 aromatic rings. The van der Waals surface area contributed by atoms with Gasteiger partial charge in [0.15, 0.2) is 0 Å². The van der Waals surface area contributed by atoms with Crippen molar-refractivity contribution in [3.8, 4) is 11.3 Å². The van der Waals surface area contributed by atoms with Gasteiger partial charge in [-0.3, -0.25) is 0 Å². The van der Waals surface area contributed by atoms with Crippen LogP contribution in [0.5, 0.6) is 0 Å². The van der Waals surface area contributed by atoms with Crippen LogP contribution in [0.4, 0.5) is 0 Å². The van der Waals surface area contributed by atoms with Crippen LogP contribution in [0.15, 0.2) is 42.7 Å². The van der Waals surface area contributed by atoms with Crippen LogP contribution in [-0.4, -0.2) is 14.5 Å². The summed E-state index contributed by atoms with van der Waals surface area (Å²) < 4.78 is 1.92. The zero-order chi connectivity index (χ0) is 13.4. The molecule has 96 valence electrons. The van der Waals surface area contributed by atoms with Gasteiger partial charge >= 0.3 is 0 Å². The highest BCUT2D eigenvalue weighted by Gasteiger charge is 2.08. The minimum Gasteiger partial charge on any atom is -0.392 e. The zero-order valence-corrected chi connectivity index (χ0v) is 11.2. The molecule has 2 aromatic heterocycles. The summed E-state index contributed by atoms with van der Waals surface area (Å²) in [7, 11) is 0. The molecule has 3 nitrogen and oxygen atoms in total. The number of pyridine rings is 1. The summed E-state index contributed by atoms with van der Waals surface area (Å²) in [6.07, 6.45) is 3.83. The Hall–Kier alpha value is -1.84. The fourth-order valence-corrected chi connectivity index (χ4v) is 2.30. The first-order valence-corrected chi connectivity index (χ1v) is 6.40. The second kappa shape index (κ2) is 4.68. The molecule has 0 aliphatic rings. The van der Waals surface area contributed by atoms with Gasteiger partial charge in [0.05, 0.1) is 12.3 Å². The van der Waals surface area contributed by atoms with Crippen molar-refractivity contribution in [3.05, 3.63) is 58.9 Å². The van der Waals surface area contributed by atoms with Gasteiger partial charge in [0, 0.05) is 23.0 Å². The van der Waals surface area contributed by atoms with E-state index in [1.165, 1.54) is 0 Å². The highest BCUT2D eigenvalue weighted by molar-refractivity contribution is 6.30. The van der Waals surface area contributed by atoms with Gasteiger partial charge in [-0.1, -0.05) is 23.7 Å². The molecule has 0 spiro atoms. The number of fused-ring (bicyclic) bond motifs is 1. The molecule has 0 fully saturated rings. The fourth-order valence-electron chi connectivity index (χ4n) is 2.13. The van der Waals surface area contributed by atoms with Crippen LogP contribution in [0.2, 0.25) is 5.02 Å². The Morgan fingerprint density at radius 3 is 2.84 bits per heavy atom. The Morgan fingerprint density at radius 1 is 1.21 bits per heavy atom. The minimum absolute atomic E-state index is 0.0274. The molecule has 1 aromatic carbocycles. The van der Waals surface area contributed by atoms with E-state index in [1.807, 2.05) is 54.0 Å². The summed E-state index contributed by atoms with van der Waals surface area (Å²) in [6.45, 7) is 2.06. The van der Waals surface area contributed by atoms with E-state index in [0.717, 1.165) is 28.0 Å². The van der Waals surface area contributed by atoms with Gasteiger partial charge in [-0.15, -0.1) is 0 Å². The number of benzene rings is 1. The van der Waals surface area contributed by atoms with Crippen LogP contribution in [0.1, 0.15) is 11.1 Å². The molecule has 0 aliphatic carbocycles. The third kappa shape index (κ3) is 2.23. The first-order chi connectivity index (χ1) is 9.17. The maximum Gasteiger partial charge on any atom is 0.137 e. The maximum atomic E-state index is 9.15. The van der Waals surface area contributed by atoms with Gasteiger partial charge < -0.3 is 9.51 Å². The standard InChI is InChI=1S/C15H13ClN2O/c1-10-2-4-12(16)6-13(10)14-8-18-7-11(9-19)3-5-15(18)17-14/h2-8,19H,9H2,1H3. The third-order valence-electron chi connectivity index (χ3n) is 3.17. The number of aliphatic hydroxyl groups excluding tert-OH is 1. The number of imidazole rings is 1. The maximum absolute atomic E-state index is 9.15. The van der Waals surface area contributed by atoms with Crippen molar-refractivity contribution in [2.75, 3.05) is 0 Å². The molecule has 0 aliphatic heterocycles. The fraction of sp³-hybridized carbons (Fsp3) is 0.133. The summed E-state index contributed by atoms with van der Waals surface area (Å²) in [5, 5.41) is 9.85. The first-order valence-electron chi connectivity index (χ1n) is 6.02. The van der Waals surface area contributed by atoms with Crippen LogP contribution in [0.25, 0.3) is 16.9 Å². The summed E-state index contributed by atoms with van der Waals surface area (Å²) >= 11 is 6.05. The quantitative estimate of drug-likeness (QED) is 0.776. The van der Waals surface area contributed by atoms with Crippen molar-refractivity contribution < 1.29 is 5.11 Å². The molecule has 0 amide bonds. The second-order valence-corrected chi connectivity index (χ2v) is 4.98. The molecular formula is C15H13ClN2O. The van der Waals surface area contributed by atoms with Crippen molar-refractivity contribution in [2.24, 2.45) is 0 Å². The smallest absolute Gasteiger partial charge is 0.137 e. The molecule has 0 atom stereocenters. The number of hydrogen-bond acceptors (Lipinski definition) is 2. The van der Waals surface area contributed by atoms with Crippen molar-refractivity contribution in [1.82, 2.24) is 9.38 Å². The van der Waals surface area contributed by atoms with Crippen molar-refractivity contribution >= 4 is 17.2 Å². The normalized spacial score (nSPS) is 11.1. The Balaban J connectivity index is 2.17. The lowest BCUT2D eigenvalue weighted by molar-refractivity contribution is 0.281. The molecule has 0 saturated carbocycles. The van der Waals surface area contributed by atoms with E-state index in [9.17, 15) is 0 Å². The monoisotopic (exact) mass is 272 g/mol. The zero-order valence-electron chi connectivity index (χ0n) is 10.5. The number of aryl methyl sites for hydroxylation is 1. The van der Waals surface area contributed by atoms with Crippen LogP contribution in [-0.2, 0) is 6.61 Å². The van der Waals surface area contributed by atoms with E-state index in [4.69, 9.17) is 16.7 Å². The second-order valence-electron chi connectivity index (χ2n) is 4.55. The molecular weight excluding hydrogens is 260 g/mol. The Kier molecular flexibility index (Phi) is 3.01. The molecule has 0 saturated heterocycles. The van der Waals surface area contributed by atoms with Crippen molar-refractivity contribution in [3.63, 3.8) is 0 Å². The summed E-state index contributed by atoms with van der Waals surface area (Å²) in [6, 6.07) is 9.55. The molecule has 0 unspecified atom stereocenters. The number of hydrogen-bond donors (Lipinski definition) is 1. The van der Waals surface area contributed by atoms with Gasteiger partial charge in [-0.05, 0) is 36.2 Å². The number of aliphatic hydroxyl groups is 1. The van der Waals surface area contributed by atoms with Crippen molar-refractivity contribution in [1.29, 1.82) is 0 Å². The summed E-state index contributed by atoms with van der Waals surface area (Å²) in [5.74, 6) is 0. The average Bonchev–Trinajstić information content (AvgIpc) is 2.83.